The lowest BCUT2D eigenvalue weighted by Gasteiger charge is -2.05. The van der Waals surface area contributed by atoms with Crippen molar-refractivity contribution in [2.45, 2.75) is 66.7 Å². The van der Waals surface area contributed by atoms with E-state index in [1.54, 1.807) is 5.57 Å². The molecule has 0 aliphatic heterocycles. The van der Waals surface area contributed by atoms with E-state index in [0.29, 0.717) is 0 Å². The second-order valence-corrected chi connectivity index (χ2v) is 5.31. The minimum absolute atomic E-state index is 0.842. The SMILES string of the molecule is C/C(=C\CCC(C)C)CCCC(C)C. The van der Waals surface area contributed by atoms with Crippen molar-refractivity contribution in [2.24, 2.45) is 11.8 Å². The Morgan fingerprint density at radius 3 is 2.07 bits per heavy atom. The van der Waals surface area contributed by atoms with Gasteiger partial charge in [0.15, 0.2) is 0 Å². The summed E-state index contributed by atoms with van der Waals surface area (Å²) in [6.07, 6.45) is 9.07. The van der Waals surface area contributed by atoms with Crippen molar-refractivity contribution < 1.29 is 0 Å². The molecule has 0 aromatic carbocycles. The Labute approximate surface area is 90.8 Å². The molecule has 0 saturated heterocycles. The van der Waals surface area contributed by atoms with Crippen LogP contribution in [0.5, 0.6) is 0 Å². The standard InChI is InChI=1S/C14H28/c1-12(2)8-6-10-14(5)11-7-9-13(3)4/h10,12-13H,6-9,11H2,1-5H3/b14-10+. The normalized spacial score (nSPS) is 12.9. The summed E-state index contributed by atoms with van der Waals surface area (Å²) in [5.41, 5.74) is 1.59. The zero-order chi connectivity index (χ0) is 11.0. The molecule has 0 spiro atoms. The van der Waals surface area contributed by atoms with E-state index in [1.165, 1.54) is 32.1 Å². The summed E-state index contributed by atoms with van der Waals surface area (Å²) in [4.78, 5) is 0. The molecule has 0 unspecified atom stereocenters. The molecule has 0 aromatic rings. The molecule has 0 amide bonds. The van der Waals surface area contributed by atoms with Crippen LogP contribution in [0.15, 0.2) is 11.6 Å². The third-order valence-corrected chi connectivity index (χ3v) is 2.59. The highest BCUT2D eigenvalue weighted by Crippen LogP contribution is 2.13. The summed E-state index contributed by atoms with van der Waals surface area (Å²) in [5, 5.41) is 0. The van der Waals surface area contributed by atoms with E-state index in [4.69, 9.17) is 0 Å². The summed E-state index contributed by atoms with van der Waals surface area (Å²) in [6, 6.07) is 0. The van der Waals surface area contributed by atoms with Crippen LogP contribution in [0.25, 0.3) is 0 Å². The third kappa shape index (κ3) is 9.83. The van der Waals surface area contributed by atoms with Gasteiger partial charge in [-0.05, 0) is 44.4 Å². The van der Waals surface area contributed by atoms with E-state index in [0.717, 1.165) is 11.8 Å². The van der Waals surface area contributed by atoms with Gasteiger partial charge in [0.05, 0.1) is 0 Å². The molecule has 14 heavy (non-hydrogen) atoms. The maximum absolute atomic E-state index is 2.43. The Morgan fingerprint density at radius 1 is 1.00 bits per heavy atom. The van der Waals surface area contributed by atoms with Crippen LogP contribution in [0, 0.1) is 11.8 Å². The molecule has 0 heteroatoms. The number of rotatable bonds is 7. The minimum atomic E-state index is 0.842. The Hall–Kier alpha value is -0.260. The van der Waals surface area contributed by atoms with Gasteiger partial charge in [-0.3, -0.25) is 0 Å². The monoisotopic (exact) mass is 196 g/mol. The zero-order valence-electron chi connectivity index (χ0n) is 10.8. The van der Waals surface area contributed by atoms with Gasteiger partial charge in [0.2, 0.25) is 0 Å². The van der Waals surface area contributed by atoms with Crippen LogP contribution in [0.4, 0.5) is 0 Å². The van der Waals surface area contributed by atoms with Crippen LogP contribution in [0.3, 0.4) is 0 Å². The van der Waals surface area contributed by atoms with Crippen LogP contribution in [-0.2, 0) is 0 Å². The molecule has 0 N–H and O–H groups in total. The van der Waals surface area contributed by atoms with E-state index in [9.17, 15) is 0 Å². The molecule has 0 atom stereocenters. The second-order valence-electron chi connectivity index (χ2n) is 5.31. The molecule has 0 heterocycles. The van der Waals surface area contributed by atoms with Gasteiger partial charge in [0.1, 0.15) is 0 Å². The van der Waals surface area contributed by atoms with Gasteiger partial charge in [-0.25, -0.2) is 0 Å². The van der Waals surface area contributed by atoms with Crippen molar-refractivity contribution in [3.05, 3.63) is 11.6 Å². The van der Waals surface area contributed by atoms with E-state index in [1.807, 2.05) is 0 Å². The molecule has 0 aliphatic rings. The van der Waals surface area contributed by atoms with Crippen molar-refractivity contribution >= 4 is 0 Å². The number of allylic oxidation sites excluding steroid dienone is 2. The summed E-state index contributed by atoms with van der Waals surface area (Å²) in [6.45, 7) is 11.5. The van der Waals surface area contributed by atoms with E-state index in [2.05, 4.69) is 40.7 Å². The molecule has 0 aromatic heterocycles. The highest BCUT2D eigenvalue weighted by Gasteiger charge is 1.96. The van der Waals surface area contributed by atoms with Gasteiger partial charge in [0.25, 0.3) is 0 Å². The highest BCUT2D eigenvalue weighted by molar-refractivity contribution is 4.97. The lowest BCUT2D eigenvalue weighted by Crippen LogP contribution is -1.88. The molecular weight excluding hydrogens is 168 g/mol. The quantitative estimate of drug-likeness (QED) is 0.491. The van der Waals surface area contributed by atoms with Gasteiger partial charge in [-0.2, -0.15) is 0 Å². The van der Waals surface area contributed by atoms with Crippen molar-refractivity contribution in [2.75, 3.05) is 0 Å². The van der Waals surface area contributed by atoms with Crippen LogP contribution < -0.4 is 0 Å². The van der Waals surface area contributed by atoms with Crippen molar-refractivity contribution in [3.8, 4) is 0 Å². The lowest BCUT2D eigenvalue weighted by molar-refractivity contribution is 0.553. The molecule has 84 valence electrons. The summed E-state index contributed by atoms with van der Waals surface area (Å²) < 4.78 is 0. The van der Waals surface area contributed by atoms with Crippen LogP contribution in [-0.4, -0.2) is 0 Å². The first-order valence-electron chi connectivity index (χ1n) is 6.18. The zero-order valence-corrected chi connectivity index (χ0v) is 10.8. The fraction of sp³-hybridized carbons (Fsp3) is 0.857. The summed E-state index contributed by atoms with van der Waals surface area (Å²) >= 11 is 0. The van der Waals surface area contributed by atoms with E-state index < -0.39 is 0 Å². The van der Waals surface area contributed by atoms with Gasteiger partial charge >= 0.3 is 0 Å². The van der Waals surface area contributed by atoms with Gasteiger partial charge in [-0.15, -0.1) is 0 Å². The molecule has 0 aliphatic carbocycles. The van der Waals surface area contributed by atoms with Crippen molar-refractivity contribution in [1.82, 2.24) is 0 Å². The molecule has 0 nitrogen and oxygen atoms in total. The lowest BCUT2D eigenvalue weighted by atomic mass is 10.0. The van der Waals surface area contributed by atoms with E-state index in [-0.39, 0.29) is 0 Å². The Kier molecular flexibility index (Phi) is 7.93. The first-order valence-corrected chi connectivity index (χ1v) is 6.18. The van der Waals surface area contributed by atoms with Gasteiger partial charge < -0.3 is 0 Å². The van der Waals surface area contributed by atoms with E-state index >= 15 is 0 Å². The first-order chi connectivity index (χ1) is 6.52. The van der Waals surface area contributed by atoms with Crippen LogP contribution in [0.2, 0.25) is 0 Å². The average molecular weight is 196 g/mol. The first kappa shape index (κ1) is 13.7. The van der Waals surface area contributed by atoms with Crippen LogP contribution >= 0.6 is 0 Å². The molecule has 0 fully saturated rings. The predicted octanol–water partition coefficient (Wildman–Crippen LogP) is 5.20. The Balaban J connectivity index is 3.47. The Bertz CT molecular complexity index is 151. The Morgan fingerprint density at radius 2 is 1.57 bits per heavy atom. The maximum atomic E-state index is 2.43. The fourth-order valence-electron chi connectivity index (χ4n) is 1.55. The number of hydrogen-bond donors (Lipinski definition) is 0. The van der Waals surface area contributed by atoms with Gasteiger partial charge in [0, 0.05) is 0 Å². The molecule has 0 rings (SSSR count). The van der Waals surface area contributed by atoms with Gasteiger partial charge in [-0.1, -0.05) is 45.8 Å². The summed E-state index contributed by atoms with van der Waals surface area (Å²) in [5.74, 6) is 1.70. The molecule has 0 radical (unpaired) electrons. The molecule has 0 saturated carbocycles. The largest absolute Gasteiger partial charge is 0.0856 e. The fourth-order valence-corrected chi connectivity index (χ4v) is 1.55. The molecule has 0 bridgehead atoms. The topological polar surface area (TPSA) is 0 Å². The van der Waals surface area contributed by atoms with Crippen molar-refractivity contribution in [3.63, 3.8) is 0 Å². The smallest absolute Gasteiger partial charge is 0.0323 e. The highest BCUT2D eigenvalue weighted by atomic mass is 14.0. The van der Waals surface area contributed by atoms with Crippen LogP contribution in [0.1, 0.15) is 66.7 Å². The predicted molar refractivity (Wildman–Crippen MR) is 66.5 cm³/mol. The van der Waals surface area contributed by atoms with Crippen molar-refractivity contribution in [1.29, 1.82) is 0 Å². The average Bonchev–Trinajstić information content (AvgIpc) is 2.02. The second kappa shape index (κ2) is 8.08. The molecular formula is C14H28. The minimum Gasteiger partial charge on any atom is -0.0856 e. The maximum Gasteiger partial charge on any atom is -0.0323 e. The number of hydrogen-bond acceptors (Lipinski definition) is 0. The summed E-state index contributed by atoms with van der Waals surface area (Å²) in [7, 11) is 0. The third-order valence-electron chi connectivity index (χ3n) is 2.59.